The molecule has 4 rings (SSSR count). The van der Waals surface area contributed by atoms with Gasteiger partial charge in [0, 0.05) is 38.1 Å². The molecule has 9 heteroatoms. The normalized spacial score (nSPS) is 20.6. The first-order valence-corrected chi connectivity index (χ1v) is 9.69. The lowest BCUT2D eigenvalue weighted by Gasteiger charge is -2.36. The lowest BCUT2D eigenvalue weighted by molar-refractivity contribution is -0.138. The van der Waals surface area contributed by atoms with Gasteiger partial charge in [0.1, 0.15) is 12.1 Å². The number of hydrogen-bond donors (Lipinski definition) is 1. The van der Waals surface area contributed by atoms with Gasteiger partial charge in [-0.2, -0.15) is 4.52 Å². The zero-order valence-corrected chi connectivity index (χ0v) is 16.6. The number of carbonyl (C=O) groups is 1. The molecule has 0 bridgehead atoms. The summed E-state index contributed by atoms with van der Waals surface area (Å²) >= 11 is 0. The number of aromatic nitrogens is 4. The van der Waals surface area contributed by atoms with E-state index in [-0.39, 0.29) is 18.3 Å². The van der Waals surface area contributed by atoms with Crippen LogP contribution in [0.5, 0.6) is 0 Å². The minimum Gasteiger partial charge on any atom is -0.355 e. The van der Waals surface area contributed by atoms with Gasteiger partial charge in [-0.05, 0) is 44.4 Å². The molecule has 1 atom stereocenters. The van der Waals surface area contributed by atoms with Crippen molar-refractivity contribution in [2.45, 2.75) is 38.6 Å². The lowest BCUT2D eigenvalue weighted by Crippen LogP contribution is -2.48. The van der Waals surface area contributed by atoms with Crippen LogP contribution in [0.4, 0.5) is 5.82 Å². The van der Waals surface area contributed by atoms with Crippen LogP contribution in [0.15, 0.2) is 18.5 Å². The molecule has 27 heavy (non-hydrogen) atoms. The number of nitrogens with one attached hydrogen (secondary N) is 1. The minimum absolute atomic E-state index is 0. The Morgan fingerprint density at radius 3 is 2.81 bits per heavy atom. The maximum absolute atomic E-state index is 13.1. The highest BCUT2D eigenvalue weighted by molar-refractivity contribution is 5.85. The monoisotopic (exact) mass is 393 g/mol. The van der Waals surface area contributed by atoms with Crippen molar-refractivity contribution >= 4 is 29.8 Å². The molecular weight excluding hydrogens is 366 g/mol. The molecule has 148 valence electrons. The molecule has 0 aliphatic carbocycles. The number of nitrogens with zero attached hydrogens (tertiary/aromatic N) is 6. The maximum atomic E-state index is 13.1. The van der Waals surface area contributed by atoms with E-state index in [1.54, 1.807) is 10.8 Å². The summed E-state index contributed by atoms with van der Waals surface area (Å²) in [6.07, 6.45) is 5.49. The lowest BCUT2D eigenvalue weighted by atomic mass is 9.94. The van der Waals surface area contributed by atoms with Gasteiger partial charge in [-0.25, -0.2) is 0 Å². The molecule has 2 aliphatic heterocycles. The molecule has 1 N–H and O–H groups in total. The van der Waals surface area contributed by atoms with Crippen LogP contribution in [-0.4, -0.2) is 69.4 Å². The number of carbonyl (C=O) groups excluding carboxylic acids is 1. The molecule has 0 saturated carbocycles. The second-order valence-corrected chi connectivity index (χ2v) is 7.26. The predicted octanol–water partition coefficient (Wildman–Crippen LogP) is 1.36. The largest absolute Gasteiger partial charge is 0.355 e. The molecule has 4 heterocycles. The Morgan fingerprint density at radius 1 is 1.30 bits per heavy atom. The molecule has 1 unspecified atom stereocenters. The van der Waals surface area contributed by atoms with Crippen molar-refractivity contribution in [3.05, 3.63) is 18.5 Å². The summed E-state index contributed by atoms with van der Waals surface area (Å²) in [6.45, 7) is 6.70. The number of piperidine rings is 1. The SMILES string of the molecule is CCCN(C(=O)C1CCN(c2ccc3nncn3n2)CC1)C1CCNC1.Cl. The molecule has 0 aromatic carbocycles. The standard InChI is InChI=1S/C18H27N7O.ClH/c1-2-9-24(15-5-8-19-12-15)18(26)14-6-10-23(11-7-14)17-4-3-16-21-20-13-25(16)22-17;/h3-4,13-15,19H,2,5-12H2,1H3;1H. The zero-order chi connectivity index (χ0) is 17.9. The average Bonchev–Trinajstić information content (AvgIpc) is 3.36. The van der Waals surface area contributed by atoms with Gasteiger partial charge in [0.2, 0.25) is 5.91 Å². The van der Waals surface area contributed by atoms with Gasteiger partial charge in [-0.1, -0.05) is 6.92 Å². The number of halogens is 1. The summed E-state index contributed by atoms with van der Waals surface area (Å²) in [4.78, 5) is 17.5. The fourth-order valence-corrected chi connectivity index (χ4v) is 4.10. The van der Waals surface area contributed by atoms with Crippen molar-refractivity contribution in [3.63, 3.8) is 0 Å². The van der Waals surface area contributed by atoms with E-state index in [0.29, 0.717) is 11.9 Å². The third kappa shape index (κ3) is 4.16. The van der Waals surface area contributed by atoms with Crippen molar-refractivity contribution in [2.75, 3.05) is 37.6 Å². The van der Waals surface area contributed by atoms with Crippen molar-refractivity contribution in [1.82, 2.24) is 30.0 Å². The molecule has 8 nitrogen and oxygen atoms in total. The molecule has 2 aromatic heterocycles. The van der Waals surface area contributed by atoms with Gasteiger partial charge in [0.25, 0.3) is 0 Å². The highest BCUT2D eigenvalue weighted by atomic mass is 35.5. The summed E-state index contributed by atoms with van der Waals surface area (Å²) in [5.74, 6) is 1.41. The summed E-state index contributed by atoms with van der Waals surface area (Å²) in [5.41, 5.74) is 0.749. The molecule has 2 saturated heterocycles. The highest BCUT2D eigenvalue weighted by Gasteiger charge is 2.33. The van der Waals surface area contributed by atoms with Gasteiger partial charge in [-0.15, -0.1) is 27.7 Å². The summed E-state index contributed by atoms with van der Waals surface area (Å²) in [7, 11) is 0. The van der Waals surface area contributed by atoms with Crippen molar-refractivity contribution in [3.8, 4) is 0 Å². The minimum atomic E-state index is 0. The van der Waals surface area contributed by atoms with Crippen LogP contribution in [0.3, 0.4) is 0 Å². The van der Waals surface area contributed by atoms with E-state index in [0.717, 1.165) is 69.9 Å². The van der Waals surface area contributed by atoms with Crippen LogP contribution in [0.2, 0.25) is 0 Å². The van der Waals surface area contributed by atoms with Crippen molar-refractivity contribution in [1.29, 1.82) is 0 Å². The Morgan fingerprint density at radius 2 is 2.11 bits per heavy atom. The van der Waals surface area contributed by atoms with Crippen molar-refractivity contribution < 1.29 is 4.79 Å². The Labute approximate surface area is 165 Å². The van der Waals surface area contributed by atoms with Crippen LogP contribution >= 0.6 is 12.4 Å². The number of anilines is 1. The zero-order valence-electron chi connectivity index (χ0n) is 15.8. The highest BCUT2D eigenvalue weighted by Crippen LogP contribution is 2.25. The topological polar surface area (TPSA) is 78.7 Å². The van der Waals surface area contributed by atoms with Crippen LogP contribution < -0.4 is 10.2 Å². The fourth-order valence-electron chi connectivity index (χ4n) is 4.10. The number of rotatable bonds is 5. The molecule has 2 aliphatic rings. The Balaban J connectivity index is 0.00000210. The van der Waals surface area contributed by atoms with E-state index in [1.165, 1.54) is 0 Å². The average molecular weight is 394 g/mol. The van der Waals surface area contributed by atoms with Gasteiger partial charge < -0.3 is 15.1 Å². The van der Waals surface area contributed by atoms with Crippen LogP contribution in [0.25, 0.3) is 5.65 Å². The van der Waals surface area contributed by atoms with Crippen LogP contribution in [0.1, 0.15) is 32.6 Å². The van der Waals surface area contributed by atoms with E-state index < -0.39 is 0 Å². The molecule has 0 radical (unpaired) electrons. The predicted molar refractivity (Wildman–Crippen MR) is 106 cm³/mol. The molecular formula is C18H28ClN7O. The first-order chi connectivity index (χ1) is 12.8. The second kappa shape index (κ2) is 8.84. The maximum Gasteiger partial charge on any atom is 0.226 e. The Bertz CT molecular complexity index is 753. The summed E-state index contributed by atoms with van der Waals surface area (Å²) in [6, 6.07) is 4.29. The van der Waals surface area contributed by atoms with Crippen LogP contribution in [-0.2, 0) is 4.79 Å². The second-order valence-electron chi connectivity index (χ2n) is 7.26. The van der Waals surface area contributed by atoms with E-state index in [1.807, 2.05) is 12.1 Å². The first-order valence-electron chi connectivity index (χ1n) is 9.69. The van der Waals surface area contributed by atoms with E-state index in [4.69, 9.17) is 0 Å². The third-order valence-corrected chi connectivity index (χ3v) is 5.54. The number of amides is 1. The molecule has 2 fully saturated rings. The number of fused-ring (bicyclic) bond motifs is 1. The third-order valence-electron chi connectivity index (χ3n) is 5.54. The quantitative estimate of drug-likeness (QED) is 0.826. The Kier molecular flexibility index (Phi) is 6.49. The Hall–Kier alpha value is -1.93. The molecule has 0 spiro atoms. The molecule has 2 aromatic rings. The molecule has 1 amide bonds. The summed E-state index contributed by atoms with van der Waals surface area (Å²) in [5, 5.41) is 15.8. The van der Waals surface area contributed by atoms with Gasteiger partial charge in [0.05, 0.1) is 0 Å². The van der Waals surface area contributed by atoms with Crippen molar-refractivity contribution in [2.24, 2.45) is 5.92 Å². The van der Waals surface area contributed by atoms with E-state index in [9.17, 15) is 4.79 Å². The summed E-state index contributed by atoms with van der Waals surface area (Å²) < 4.78 is 1.70. The fraction of sp³-hybridized carbons (Fsp3) is 0.667. The van der Waals surface area contributed by atoms with Gasteiger partial charge in [-0.3, -0.25) is 4.79 Å². The number of hydrogen-bond acceptors (Lipinski definition) is 6. The smallest absolute Gasteiger partial charge is 0.226 e. The van der Waals surface area contributed by atoms with Gasteiger partial charge >= 0.3 is 0 Å². The van der Waals surface area contributed by atoms with E-state index in [2.05, 4.69) is 37.3 Å². The van der Waals surface area contributed by atoms with Gasteiger partial charge in [0.15, 0.2) is 5.65 Å². The first kappa shape index (κ1) is 19.8. The van der Waals surface area contributed by atoms with E-state index >= 15 is 0 Å². The van der Waals surface area contributed by atoms with Crippen LogP contribution in [0, 0.1) is 5.92 Å².